The summed E-state index contributed by atoms with van der Waals surface area (Å²) in [5.74, 6) is 0.849. The lowest BCUT2D eigenvalue weighted by Crippen LogP contribution is -2.13. The number of hydrogen-bond acceptors (Lipinski definition) is 3. The smallest absolute Gasteiger partial charge is 0.144 e. The monoisotopic (exact) mass is 241 g/mol. The average molecular weight is 242 g/mol. The summed E-state index contributed by atoms with van der Waals surface area (Å²) in [6.45, 7) is 2.81. The largest absolute Gasteiger partial charge is 0.507 e. The zero-order valence-electron chi connectivity index (χ0n) is 9.51. The van der Waals surface area contributed by atoms with Crippen molar-refractivity contribution in [3.63, 3.8) is 0 Å². The molecule has 0 aliphatic carbocycles. The zero-order chi connectivity index (χ0) is 11.7. The van der Waals surface area contributed by atoms with Crippen LogP contribution >= 0.6 is 11.6 Å². The van der Waals surface area contributed by atoms with Gasteiger partial charge in [-0.25, -0.2) is 0 Å². The maximum absolute atomic E-state index is 10.1. The molecule has 88 valence electrons. The van der Waals surface area contributed by atoms with Gasteiger partial charge in [-0.15, -0.1) is 0 Å². The Bertz CT molecular complexity index is 400. The number of hydrogen-bond donors (Lipinski definition) is 2. The molecular formula is C12H16ClNO2. The first kappa shape index (κ1) is 11.6. The van der Waals surface area contributed by atoms with Gasteiger partial charge in [0.25, 0.3) is 0 Å². The van der Waals surface area contributed by atoms with Gasteiger partial charge in [-0.2, -0.15) is 0 Å². The maximum Gasteiger partial charge on any atom is 0.144 e. The first-order valence-corrected chi connectivity index (χ1v) is 5.82. The third-order valence-electron chi connectivity index (χ3n) is 3.11. The van der Waals surface area contributed by atoms with Crippen molar-refractivity contribution in [2.75, 3.05) is 13.7 Å². The molecule has 1 aromatic rings. The standard InChI is InChI=1S/C12H16ClNO2/c1-7-11(15)8(10-4-3-5-14-10)6-9(13)12(7)16-2/h6,10,14-15H,3-5H2,1-2H3. The number of ether oxygens (including phenoxy) is 1. The number of halogens is 1. The lowest BCUT2D eigenvalue weighted by Gasteiger charge is -2.17. The van der Waals surface area contributed by atoms with E-state index in [2.05, 4.69) is 5.32 Å². The molecular weight excluding hydrogens is 226 g/mol. The van der Waals surface area contributed by atoms with Crippen LogP contribution in [0.15, 0.2) is 6.07 Å². The van der Waals surface area contributed by atoms with E-state index in [1.807, 2.05) is 6.92 Å². The predicted octanol–water partition coefficient (Wildman–Crippen LogP) is 2.79. The second-order valence-corrected chi connectivity index (χ2v) is 4.51. The molecule has 0 bridgehead atoms. The molecule has 1 aromatic carbocycles. The fourth-order valence-electron chi connectivity index (χ4n) is 2.24. The minimum atomic E-state index is 0.210. The number of benzene rings is 1. The van der Waals surface area contributed by atoms with Crippen molar-refractivity contribution in [3.8, 4) is 11.5 Å². The van der Waals surface area contributed by atoms with Gasteiger partial charge < -0.3 is 15.2 Å². The van der Waals surface area contributed by atoms with Crippen LogP contribution in [0.5, 0.6) is 11.5 Å². The first-order valence-electron chi connectivity index (χ1n) is 5.44. The van der Waals surface area contributed by atoms with Crippen molar-refractivity contribution in [2.24, 2.45) is 0 Å². The first-order chi connectivity index (χ1) is 7.65. The summed E-state index contributed by atoms with van der Waals surface area (Å²) >= 11 is 6.12. The molecule has 3 nitrogen and oxygen atoms in total. The van der Waals surface area contributed by atoms with Crippen molar-refractivity contribution >= 4 is 11.6 Å². The van der Waals surface area contributed by atoms with E-state index in [1.54, 1.807) is 13.2 Å². The molecule has 0 saturated carbocycles. The van der Waals surface area contributed by atoms with Crippen LogP contribution in [0.2, 0.25) is 5.02 Å². The van der Waals surface area contributed by atoms with Gasteiger partial charge in [-0.3, -0.25) is 0 Å². The predicted molar refractivity (Wildman–Crippen MR) is 64.4 cm³/mol. The van der Waals surface area contributed by atoms with E-state index in [-0.39, 0.29) is 6.04 Å². The molecule has 0 aromatic heterocycles. The minimum absolute atomic E-state index is 0.210. The lowest BCUT2D eigenvalue weighted by molar-refractivity contribution is 0.399. The van der Waals surface area contributed by atoms with Crippen molar-refractivity contribution in [2.45, 2.75) is 25.8 Å². The highest BCUT2D eigenvalue weighted by Crippen LogP contribution is 2.41. The van der Waals surface area contributed by atoms with Gasteiger partial charge in [0.2, 0.25) is 0 Å². The lowest BCUT2D eigenvalue weighted by atomic mass is 10.0. The second kappa shape index (κ2) is 4.52. The van der Waals surface area contributed by atoms with Crippen molar-refractivity contribution in [1.29, 1.82) is 0 Å². The minimum Gasteiger partial charge on any atom is -0.507 e. The Morgan fingerprint density at radius 2 is 2.31 bits per heavy atom. The van der Waals surface area contributed by atoms with E-state index in [1.165, 1.54) is 0 Å². The molecule has 0 spiro atoms. The van der Waals surface area contributed by atoms with Crippen LogP contribution in [-0.2, 0) is 0 Å². The van der Waals surface area contributed by atoms with E-state index in [0.717, 1.165) is 24.9 Å². The zero-order valence-corrected chi connectivity index (χ0v) is 10.3. The van der Waals surface area contributed by atoms with Gasteiger partial charge in [-0.05, 0) is 32.4 Å². The highest BCUT2D eigenvalue weighted by Gasteiger charge is 2.23. The molecule has 16 heavy (non-hydrogen) atoms. The molecule has 1 aliphatic rings. The summed E-state index contributed by atoms with van der Waals surface area (Å²) in [5.41, 5.74) is 1.58. The molecule has 4 heteroatoms. The van der Waals surface area contributed by atoms with Crippen LogP contribution in [0.1, 0.15) is 30.0 Å². The highest BCUT2D eigenvalue weighted by molar-refractivity contribution is 6.32. The average Bonchev–Trinajstić information content (AvgIpc) is 2.77. The van der Waals surface area contributed by atoms with Crippen molar-refractivity contribution in [3.05, 3.63) is 22.2 Å². The van der Waals surface area contributed by atoms with Gasteiger partial charge >= 0.3 is 0 Å². The topological polar surface area (TPSA) is 41.5 Å². The molecule has 1 unspecified atom stereocenters. The van der Waals surface area contributed by atoms with E-state index in [0.29, 0.717) is 22.1 Å². The Hall–Kier alpha value is -0.930. The highest BCUT2D eigenvalue weighted by atomic mass is 35.5. The van der Waals surface area contributed by atoms with E-state index < -0.39 is 0 Å². The summed E-state index contributed by atoms with van der Waals surface area (Å²) in [4.78, 5) is 0. The summed E-state index contributed by atoms with van der Waals surface area (Å²) in [6.07, 6.45) is 2.17. The van der Waals surface area contributed by atoms with E-state index >= 15 is 0 Å². The Balaban J connectivity index is 2.46. The van der Waals surface area contributed by atoms with Gasteiger partial charge in [0.05, 0.1) is 12.1 Å². The molecule has 2 N–H and O–H groups in total. The fourth-order valence-corrected chi connectivity index (χ4v) is 2.58. The van der Waals surface area contributed by atoms with Crippen molar-refractivity contribution in [1.82, 2.24) is 5.32 Å². The Kier molecular flexibility index (Phi) is 3.26. The summed E-state index contributed by atoms with van der Waals surface area (Å²) in [7, 11) is 1.56. The number of phenolic OH excluding ortho intramolecular Hbond substituents is 1. The Labute approximate surface area is 100 Å². The summed E-state index contributed by atoms with van der Waals surface area (Å²) in [6, 6.07) is 2.01. The molecule has 1 saturated heterocycles. The van der Waals surface area contributed by atoms with Crippen molar-refractivity contribution < 1.29 is 9.84 Å². The Morgan fingerprint density at radius 3 is 2.88 bits per heavy atom. The number of phenols is 1. The Morgan fingerprint density at radius 1 is 1.56 bits per heavy atom. The normalized spacial score (nSPS) is 20.1. The second-order valence-electron chi connectivity index (χ2n) is 4.10. The van der Waals surface area contributed by atoms with Crippen LogP contribution < -0.4 is 10.1 Å². The molecule has 0 radical (unpaired) electrons. The molecule has 1 fully saturated rings. The fraction of sp³-hybridized carbons (Fsp3) is 0.500. The summed E-state index contributed by atoms with van der Waals surface area (Å²) in [5, 5.41) is 14.0. The molecule has 2 rings (SSSR count). The van der Waals surface area contributed by atoms with Gasteiger partial charge in [-0.1, -0.05) is 11.6 Å². The number of methoxy groups -OCH3 is 1. The third kappa shape index (κ3) is 1.85. The molecule has 1 atom stereocenters. The van der Waals surface area contributed by atoms with Crippen LogP contribution in [0.3, 0.4) is 0 Å². The third-order valence-corrected chi connectivity index (χ3v) is 3.39. The van der Waals surface area contributed by atoms with E-state index in [9.17, 15) is 5.11 Å². The van der Waals surface area contributed by atoms with Gasteiger partial charge in [0, 0.05) is 17.2 Å². The van der Waals surface area contributed by atoms with Crippen LogP contribution in [0.25, 0.3) is 0 Å². The van der Waals surface area contributed by atoms with Gasteiger partial charge in [0.15, 0.2) is 0 Å². The number of aromatic hydroxyl groups is 1. The van der Waals surface area contributed by atoms with E-state index in [4.69, 9.17) is 16.3 Å². The number of nitrogens with one attached hydrogen (secondary N) is 1. The molecule has 0 amide bonds. The summed E-state index contributed by atoms with van der Waals surface area (Å²) < 4.78 is 5.16. The van der Waals surface area contributed by atoms with Crippen LogP contribution in [-0.4, -0.2) is 18.8 Å². The van der Waals surface area contributed by atoms with Crippen LogP contribution in [0, 0.1) is 6.92 Å². The van der Waals surface area contributed by atoms with Gasteiger partial charge in [0.1, 0.15) is 11.5 Å². The molecule has 1 aliphatic heterocycles. The number of rotatable bonds is 2. The quantitative estimate of drug-likeness (QED) is 0.837. The SMILES string of the molecule is COc1c(Cl)cc(C2CCCN2)c(O)c1C. The maximum atomic E-state index is 10.1. The molecule has 1 heterocycles. The van der Waals surface area contributed by atoms with Crippen LogP contribution in [0.4, 0.5) is 0 Å².